The van der Waals surface area contributed by atoms with Crippen molar-refractivity contribution < 1.29 is 4.79 Å². The summed E-state index contributed by atoms with van der Waals surface area (Å²) >= 11 is 12.1. The predicted molar refractivity (Wildman–Crippen MR) is 80.2 cm³/mol. The molecule has 106 valence electrons. The third-order valence-corrected chi connectivity index (χ3v) is 2.98. The van der Waals surface area contributed by atoms with Crippen LogP contribution >= 0.6 is 23.2 Å². The van der Waals surface area contributed by atoms with Gasteiger partial charge in [-0.2, -0.15) is 0 Å². The molecule has 1 aromatic heterocycles. The summed E-state index contributed by atoms with van der Waals surface area (Å²) in [6.07, 6.45) is 0.379. The van der Waals surface area contributed by atoms with E-state index in [-0.39, 0.29) is 5.91 Å². The first kappa shape index (κ1) is 15.9. The topological polar surface area (TPSA) is 57.3 Å². The summed E-state index contributed by atoms with van der Waals surface area (Å²) in [4.78, 5) is 17.3. The van der Waals surface area contributed by atoms with Gasteiger partial charge >= 0.3 is 0 Å². The molecule has 0 fully saturated rings. The molecule has 0 spiro atoms. The van der Waals surface area contributed by atoms with Crippen LogP contribution in [0.4, 0.5) is 11.6 Å². The average molecular weight is 305 g/mol. The van der Waals surface area contributed by atoms with Gasteiger partial charge in [0.25, 0.3) is 0 Å². The number of nitrogens with one attached hydrogen (secondary N) is 2. The Morgan fingerprint density at radius 2 is 1.84 bits per heavy atom. The minimum Gasteiger partial charge on any atom is -0.369 e. The molecular formula is C12H18Cl2N4O. The summed E-state index contributed by atoms with van der Waals surface area (Å²) < 4.78 is 0. The van der Waals surface area contributed by atoms with Crippen molar-refractivity contribution in [2.45, 2.75) is 13.3 Å². The van der Waals surface area contributed by atoms with Crippen molar-refractivity contribution in [3.8, 4) is 0 Å². The Balaban J connectivity index is 2.67. The third-order valence-electron chi connectivity index (χ3n) is 2.40. The zero-order valence-electron chi connectivity index (χ0n) is 11.3. The predicted octanol–water partition coefficient (Wildman–Crippen LogP) is 2.71. The number of rotatable bonds is 6. The number of anilines is 2. The van der Waals surface area contributed by atoms with Crippen molar-refractivity contribution in [1.82, 2.24) is 9.88 Å². The van der Waals surface area contributed by atoms with Crippen LogP contribution in [0.25, 0.3) is 0 Å². The molecule has 0 aliphatic carbocycles. The number of aromatic nitrogens is 1. The van der Waals surface area contributed by atoms with E-state index in [1.165, 1.54) is 0 Å². The first-order chi connectivity index (χ1) is 8.95. The van der Waals surface area contributed by atoms with Gasteiger partial charge in [-0.25, -0.2) is 4.98 Å². The van der Waals surface area contributed by atoms with Crippen LogP contribution in [-0.4, -0.2) is 43.0 Å². The maximum atomic E-state index is 11.4. The Bertz CT molecular complexity index is 452. The Labute approximate surface area is 123 Å². The molecule has 0 saturated heterocycles. The number of hydrogen-bond donors (Lipinski definition) is 2. The minimum atomic E-state index is 0.0458. The second kappa shape index (κ2) is 7.40. The van der Waals surface area contributed by atoms with Crippen LogP contribution in [0.15, 0.2) is 6.07 Å². The highest BCUT2D eigenvalue weighted by Crippen LogP contribution is 2.28. The van der Waals surface area contributed by atoms with Crippen molar-refractivity contribution in [2.75, 3.05) is 37.8 Å². The quantitative estimate of drug-likeness (QED) is 0.848. The van der Waals surface area contributed by atoms with Gasteiger partial charge in [-0.05, 0) is 13.0 Å². The smallest absolute Gasteiger partial charge is 0.223 e. The fraction of sp³-hybridized carbons (Fsp3) is 0.500. The van der Waals surface area contributed by atoms with Crippen LogP contribution < -0.4 is 10.6 Å². The van der Waals surface area contributed by atoms with Gasteiger partial charge in [-0.15, -0.1) is 0 Å². The maximum Gasteiger partial charge on any atom is 0.223 e. The van der Waals surface area contributed by atoms with E-state index >= 15 is 0 Å². The normalized spacial score (nSPS) is 10.2. The number of pyridine rings is 1. The van der Waals surface area contributed by atoms with Gasteiger partial charge in [0.15, 0.2) is 0 Å². The van der Waals surface area contributed by atoms with Crippen molar-refractivity contribution in [3.63, 3.8) is 0 Å². The molecule has 0 bridgehead atoms. The second-order valence-electron chi connectivity index (χ2n) is 4.14. The van der Waals surface area contributed by atoms with Crippen LogP contribution in [0.1, 0.15) is 13.3 Å². The SMILES string of the molecule is CCNc1nc(NCCC(=O)N(C)C)c(Cl)cc1Cl. The molecule has 1 heterocycles. The lowest BCUT2D eigenvalue weighted by Gasteiger charge is -2.13. The van der Waals surface area contributed by atoms with Crippen LogP contribution in [0.3, 0.4) is 0 Å². The van der Waals surface area contributed by atoms with Gasteiger partial charge in [0.05, 0.1) is 10.0 Å². The monoisotopic (exact) mass is 304 g/mol. The lowest BCUT2D eigenvalue weighted by atomic mass is 10.3. The summed E-state index contributed by atoms with van der Waals surface area (Å²) in [5, 5.41) is 6.99. The number of amides is 1. The van der Waals surface area contributed by atoms with Crippen LogP contribution in [0, 0.1) is 0 Å². The Kier molecular flexibility index (Phi) is 6.18. The highest BCUT2D eigenvalue weighted by molar-refractivity contribution is 6.37. The van der Waals surface area contributed by atoms with Crippen molar-refractivity contribution in [3.05, 3.63) is 16.1 Å². The largest absolute Gasteiger partial charge is 0.369 e. The first-order valence-corrected chi connectivity index (χ1v) is 6.75. The van der Waals surface area contributed by atoms with E-state index in [0.717, 1.165) is 0 Å². The van der Waals surface area contributed by atoms with E-state index in [1.54, 1.807) is 25.1 Å². The maximum absolute atomic E-state index is 11.4. The first-order valence-electron chi connectivity index (χ1n) is 5.99. The number of carbonyl (C=O) groups is 1. The van der Waals surface area contributed by atoms with Crippen molar-refractivity contribution >= 4 is 40.7 Å². The average Bonchev–Trinajstić information content (AvgIpc) is 2.34. The molecule has 2 N–H and O–H groups in total. The molecule has 0 unspecified atom stereocenters. The van der Waals surface area contributed by atoms with Crippen molar-refractivity contribution in [2.24, 2.45) is 0 Å². The van der Waals surface area contributed by atoms with E-state index in [4.69, 9.17) is 23.2 Å². The fourth-order valence-electron chi connectivity index (χ4n) is 1.39. The lowest BCUT2D eigenvalue weighted by Crippen LogP contribution is -2.24. The number of halogens is 2. The number of hydrogen-bond acceptors (Lipinski definition) is 4. The molecule has 0 aliphatic rings. The summed E-state index contributed by atoms with van der Waals surface area (Å²) in [5.41, 5.74) is 0. The standard InChI is InChI=1S/C12H18Cl2N4O/c1-4-15-11-8(13)7-9(14)12(17-11)16-6-5-10(19)18(2)3/h7H,4-6H2,1-3H3,(H2,15,16,17). The molecule has 19 heavy (non-hydrogen) atoms. The van der Waals surface area contributed by atoms with E-state index in [9.17, 15) is 4.79 Å². The molecule has 1 aromatic rings. The van der Waals surface area contributed by atoms with E-state index in [0.29, 0.717) is 41.2 Å². The summed E-state index contributed by atoms with van der Waals surface area (Å²) in [6.45, 7) is 3.14. The van der Waals surface area contributed by atoms with E-state index in [2.05, 4.69) is 15.6 Å². The van der Waals surface area contributed by atoms with Gasteiger partial charge < -0.3 is 15.5 Å². The highest BCUT2D eigenvalue weighted by Gasteiger charge is 2.09. The Morgan fingerprint density at radius 3 is 2.37 bits per heavy atom. The highest BCUT2D eigenvalue weighted by atomic mass is 35.5. The molecule has 0 aromatic carbocycles. The van der Waals surface area contributed by atoms with E-state index in [1.807, 2.05) is 6.92 Å². The third kappa shape index (κ3) is 4.76. The van der Waals surface area contributed by atoms with Crippen LogP contribution in [0.2, 0.25) is 10.0 Å². The van der Waals surface area contributed by atoms with Crippen LogP contribution in [-0.2, 0) is 4.79 Å². The fourth-order valence-corrected chi connectivity index (χ4v) is 1.89. The summed E-state index contributed by atoms with van der Waals surface area (Å²) in [6, 6.07) is 1.63. The van der Waals surface area contributed by atoms with Gasteiger partial charge in [0.1, 0.15) is 11.6 Å². The summed E-state index contributed by atoms with van der Waals surface area (Å²) in [7, 11) is 3.44. The molecule has 1 amide bonds. The minimum absolute atomic E-state index is 0.0458. The van der Waals surface area contributed by atoms with Gasteiger partial charge in [-0.1, -0.05) is 23.2 Å². The zero-order valence-corrected chi connectivity index (χ0v) is 12.8. The molecule has 7 heteroatoms. The van der Waals surface area contributed by atoms with Crippen LogP contribution in [0.5, 0.6) is 0 Å². The Hall–Kier alpha value is -1.20. The molecule has 0 radical (unpaired) electrons. The van der Waals surface area contributed by atoms with Gasteiger partial charge in [-0.3, -0.25) is 4.79 Å². The molecule has 0 aliphatic heterocycles. The Morgan fingerprint density at radius 1 is 1.26 bits per heavy atom. The number of carbonyl (C=O) groups excluding carboxylic acids is 1. The molecule has 1 rings (SSSR count). The van der Waals surface area contributed by atoms with Gasteiger partial charge in [0.2, 0.25) is 5.91 Å². The zero-order chi connectivity index (χ0) is 14.4. The van der Waals surface area contributed by atoms with Crippen molar-refractivity contribution in [1.29, 1.82) is 0 Å². The molecule has 5 nitrogen and oxygen atoms in total. The second-order valence-corrected chi connectivity index (χ2v) is 4.96. The number of nitrogens with zero attached hydrogens (tertiary/aromatic N) is 2. The molecule has 0 atom stereocenters. The van der Waals surface area contributed by atoms with Gasteiger partial charge in [0, 0.05) is 33.6 Å². The lowest BCUT2D eigenvalue weighted by molar-refractivity contribution is -0.128. The molecular weight excluding hydrogens is 287 g/mol. The van der Waals surface area contributed by atoms with E-state index < -0.39 is 0 Å². The summed E-state index contributed by atoms with van der Waals surface area (Å²) in [5.74, 6) is 1.15. The molecule has 0 saturated carbocycles.